The number of fused-ring (bicyclic) bond motifs is 4. The lowest BCUT2D eigenvalue weighted by Gasteiger charge is -2.23. The molecule has 0 unspecified atom stereocenters. The van der Waals surface area contributed by atoms with Crippen LogP contribution in [-0.2, 0) is 5.41 Å². The van der Waals surface area contributed by atoms with Crippen molar-refractivity contribution in [3.05, 3.63) is 151 Å². The van der Waals surface area contributed by atoms with Gasteiger partial charge in [-0.2, -0.15) is 0 Å². The second-order valence-electron chi connectivity index (χ2n) is 11.7. The van der Waals surface area contributed by atoms with Gasteiger partial charge in [0.15, 0.2) is 0 Å². The molecular formula is C40H29N3. The van der Waals surface area contributed by atoms with E-state index in [0.717, 1.165) is 39.1 Å². The van der Waals surface area contributed by atoms with Crippen molar-refractivity contribution in [2.45, 2.75) is 19.3 Å². The Kier molecular flexibility index (Phi) is 5.80. The molecule has 5 aromatic carbocycles. The molecule has 8 rings (SSSR count). The monoisotopic (exact) mass is 551 g/mol. The molecule has 0 saturated carbocycles. The fourth-order valence-electron chi connectivity index (χ4n) is 6.45. The number of nitrogens with zero attached hydrogens (tertiary/aromatic N) is 3. The summed E-state index contributed by atoms with van der Waals surface area (Å²) in [7, 11) is 0. The summed E-state index contributed by atoms with van der Waals surface area (Å²) in [5, 5.41) is 0. The lowest BCUT2D eigenvalue weighted by molar-refractivity contribution is 0.661. The van der Waals surface area contributed by atoms with E-state index in [0.29, 0.717) is 0 Å². The minimum absolute atomic E-state index is 0.163. The quantitative estimate of drug-likeness (QED) is 0.218. The van der Waals surface area contributed by atoms with Gasteiger partial charge >= 0.3 is 0 Å². The normalized spacial score (nSPS) is 13.1. The summed E-state index contributed by atoms with van der Waals surface area (Å²) in [6.07, 6.45) is 3.72. The highest BCUT2D eigenvalue weighted by Crippen LogP contribution is 2.51. The first-order chi connectivity index (χ1) is 21.1. The Hall–Kier alpha value is -5.41. The van der Waals surface area contributed by atoms with Crippen LogP contribution in [0.5, 0.6) is 0 Å². The van der Waals surface area contributed by atoms with Crippen LogP contribution in [0.4, 0.5) is 0 Å². The van der Waals surface area contributed by atoms with Crippen molar-refractivity contribution in [1.82, 2.24) is 15.0 Å². The number of pyridine rings is 1. The predicted molar refractivity (Wildman–Crippen MR) is 177 cm³/mol. The number of rotatable bonds is 4. The van der Waals surface area contributed by atoms with E-state index in [4.69, 9.17) is 9.97 Å². The van der Waals surface area contributed by atoms with Gasteiger partial charge < -0.3 is 0 Å². The Labute approximate surface area is 251 Å². The number of hydrogen-bond acceptors (Lipinski definition) is 3. The molecule has 0 atom stereocenters. The average molecular weight is 552 g/mol. The molecule has 0 bridgehead atoms. The number of aromatic nitrogens is 3. The predicted octanol–water partition coefficient (Wildman–Crippen LogP) is 10.00. The average Bonchev–Trinajstić information content (AvgIpc) is 3.30. The van der Waals surface area contributed by atoms with Crippen LogP contribution < -0.4 is 0 Å². The zero-order chi connectivity index (χ0) is 29.0. The minimum Gasteiger partial charge on any atom is -0.264 e. The van der Waals surface area contributed by atoms with Crippen molar-refractivity contribution in [1.29, 1.82) is 0 Å². The van der Waals surface area contributed by atoms with Crippen LogP contribution in [0.15, 0.2) is 140 Å². The minimum atomic E-state index is -0.163. The first-order valence-electron chi connectivity index (χ1n) is 14.7. The highest BCUT2D eigenvalue weighted by molar-refractivity contribution is 5.90. The van der Waals surface area contributed by atoms with Gasteiger partial charge in [-0.25, -0.2) is 9.97 Å². The molecule has 0 radical (unpaired) electrons. The van der Waals surface area contributed by atoms with E-state index in [9.17, 15) is 0 Å². The molecule has 7 aromatic rings. The maximum Gasteiger partial charge on any atom is 0.0973 e. The number of benzene rings is 5. The number of hydrogen-bond donors (Lipinski definition) is 0. The molecule has 2 heterocycles. The number of para-hydroxylation sites is 2. The fraction of sp³-hybridized carbons (Fsp3) is 0.0750. The van der Waals surface area contributed by atoms with Gasteiger partial charge in [-0.15, -0.1) is 0 Å². The van der Waals surface area contributed by atoms with Gasteiger partial charge in [-0.05, 0) is 74.8 Å². The van der Waals surface area contributed by atoms with Crippen molar-refractivity contribution in [2.24, 2.45) is 0 Å². The van der Waals surface area contributed by atoms with Crippen molar-refractivity contribution >= 4 is 11.0 Å². The zero-order valence-electron chi connectivity index (χ0n) is 24.1. The molecule has 0 fully saturated rings. The SMILES string of the molecule is CC1(C)c2cc(-c3ccc(-c4cccnc4)cc3)ccc2-c2ccc(-c3nc4ccccc4nc3-c3ccccc3)cc21. The van der Waals surface area contributed by atoms with Gasteiger partial charge in [0, 0.05) is 28.9 Å². The first kappa shape index (κ1) is 25.3. The van der Waals surface area contributed by atoms with Crippen molar-refractivity contribution in [3.8, 4) is 55.9 Å². The third-order valence-corrected chi connectivity index (χ3v) is 8.78. The Morgan fingerprint density at radius 1 is 0.442 bits per heavy atom. The summed E-state index contributed by atoms with van der Waals surface area (Å²) < 4.78 is 0. The molecule has 3 nitrogen and oxygen atoms in total. The van der Waals surface area contributed by atoms with Crippen LogP contribution in [-0.4, -0.2) is 15.0 Å². The maximum absolute atomic E-state index is 5.16. The van der Waals surface area contributed by atoms with Crippen LogP contribution in [0.3, 0.4) is 0 Å². The van der Waals surface area contributed by atoms with Gasteiger partial charge in [0.2, 0.25) is 0 Å². The second-order valence-corrected chi connectivity index (χ2v) is 11.7. The Morgan fingerprint density at radius 2 is 0.953 bits per heavy atom. The van der Waals surface area contributed by atoms with Crippen molar-refractivity contribution in [3.63, 3.8) is 0 Å². The van der Waals surface area contributed by atoms with Crippen LogP contribution in [0, 0.1) is 0 Å². The zero-order valence-corrected chi connectivity index (χ0v) is 24.1. The fourth-order valence-corrected chi connectivity index (χ4v) is 6.45. The topological polar surface area (TPSA) is 38.7 Å². The molecule has 204 valence electrons. The van der Waals surface area contributed by atoms with Gasteiger partial charge in [0.05, 0.1) is 22.4 Å². The van der Waals surface area contributed by atoms with Crippen molar-refractivity contribution < 1.29 is 0 Å². The van der Waals surface area contributed by atoms with Gasteiger partial charge in [0.25, 0.3) is 0 Å². The molecule has 0 amide bonds. The van der Waals surface area contributed by atoms with Crippen molar-refractivity contribution in [2.75, 3.05) is 0 Å². The Morgan fingerprint density at radius 3 is 1.58 bits per heavy atom. The maximum atomic E-state index is 5.16. The standard InChI is InChI=1S/C40H29N3/c1-40(2)34-23-29(26-14-16-27(17-15-26)31-11-8-22-41-25-31)18-20-32(34)33-21-19-30(24-35(33)40)39-38(28-9-4-3-5-10-28)42-36-12-6-7-13-37(36)43-39/h3-25H,1-2H3. The van der Waals surface area contributed by atoms with Crippen LogP contribution in [0.25, 0.3) is 66.9 Å². The molecule has 0 N–H and O–H groups in total. The summed E-state index contributed by atoms with van der Waals surface area (Å²) in [6.45, 7) is 4.67. The Bertz CT molecular complexity index is 2130. The summed E-state index contributed by atoms with van der Waals surface area (Å²) in [4.78, 5) is 14.5. The molecule has 0 saturated heterocycles. The summed E-state index contributed by atoms with van der Waals surface area (Å²) in [5.74, 6) is 0. The molecule has 1 aliphatic carbocycles. The molecule has 1 aliphatic rings. The molecular weight excluding hydrogens is 522 g/mol. The van der Waals surface area contributed by atoms with E-state index < -0.39 is 0 Å². The third kappa shape index (κ3) is 4.24. The van der Waals surface area contributed by atoms with E-state index in [1.807, 2.05) is 48.8 Å². The lowest BCUT2D eigenvalue weighted by atomic mass is 9.81. The lowest BCUT2D eigenvalue weighted by Crippen LogP contribution is -2.15. The molecule has 0 spiro atoms. The molecule has 43 heavy (non-hydrogen) atoms. The highest BCUT2D eigenvalue weighted by Gasteiger charge is 2.36. The van der Waals surface area contributed by atoms with Crippen LogP contribution in [0.1, 0.15) is 25.0 Å². The summed E-state index contributed by atoms with van der Waals surface area (Å²) >= 11 is 0. The van der Waals surface area contributed by atoms with E-state index in [1.54, 1.807) is 0 Å². The van der Waals surface area contributed by atoms with Gasteiger partial charge in [0.1, 0.15) is 0 Å². The molecule has 2 aromatic heterocycles. The molecule has 0 aliphatic heterocycles. The van der Waals surface area contributed by atoms with Gasteiger partial charge in [-0.3, -0.25) is 4.98 Å². The first-order valence-corrected chi connectivity index (χ1v) is 14.7. The van der Waals surface area contributed by atoms with E-state index in [-0.39, 0.29) is 5.41 Å². The second kappa shape index (κ2) is 9.85. The third-order valence-electron chi connectivity index (χ3n) is 8.78. The van der Waals surface area contributed by atoms with Crippen LogP contribution in [0.2, 0.25) is 0 Å². The Balaban J connectivity index is 1.21. The van der Waals surface area contributed by atoms with E-state index in [2.05, 4.69) is 110 Å². The van der Waals surface area contributed by atoms with E-state index >= 15 is 0 Å². The summed E-state index contributed by atoms with van der Waals surface area (Å²) in [5.41, 5.74) is 15.6. The summed E-state index contributed by atoms with van der Waals surface area (Å²) in [6, 6.07) is 45.1. The largest absolute Gasteiger partial charge is 0.264 e. The van der Waals surface area contributed by atoms with Gasteiger partial charge in [-0.1, -0.05) is 111 Å². The highest BCUT2D eigenvalue weighted by atomic mass is 14.8. The van der Waals surface area contributed by atoms with Crippen LogP contribution >= 0.6 is 0 Å². The molecule has 3 heteroatoms. The van der Waals surface area contributed by atoms with E-state index in [1.165, 1.54) is 38.9 Å². The smallest absolute Gasteiger partial charge is 0.0973 e.